The van der Waals surface area contributed by atoms with Crippen LogP contribution in [0.1, 0.15) is 39.9 Å². The molecule has 1 aromatic rings. The molecule has 0 saturated heterocycles. The van der Waals surface area contributed by atoms with Crippen LogP contribution in [0.3, 0.4) is 0 Å². The number of hydrogen-bond acceptors (Lipinski definition) is 4. The van der Waals surface area contributed by atoms with E-state index in [0.29, 0.717) is 12.3 Å². The van der Waals surface area contributed by atoms with Gasteiger partial charge in [-0.25, -0.2) is 14.8 Å². The van der Waals surface area contributed by atoms with Crippen LogP contribution < -0.4 is 10.6 Å². The largest absolute Gasteiger partial charge is 0.383 e. The SMILES string of the molecule is CC[C@@H](COC)NC(=O)Nc1cnc(C(C)(C)C)nc1. The molecule has 0 aliphatic heterocycles. The molecule has 2 amide bonds. The van der Waals surface area contributed by atoms with Crippen molar-refractivity contribution in [3.63, 3.8) is 0 Å². The molecule has 1 rings (SSSR count). The molecule has 0 saturated carbocycles. The lowest BCUT2D eigenvalue weighted by atomic mass is 9.96. The van der Waals surface area contributed by atoms with Crippen molar-refractivity contribution in [1.82, 2.24) is 15.3 Å². The summed E-state index contributed by atoms with van der Waals surface area (Å²) in [6.07, 6.45) is 4.04. The number of aromatic nitrogens is 2. The molecule has 0 aliphatic carbocycles. The number of hydrogen-bond donors (Lipinski definition) is 2. The van der Waals surface area contributed by atoms with E-state index in [1.807, 2.05) is 27.7 Å². The lowest BCUT2D eigenvalue weighted by Gasteiger charge is -2.18. The third-order valence-electron chi connectivity index (χ3n) is 2.78. The van der Waals surface area contributed by atoms with Gasteiger partial charge in [0.05, 0.1) is 30.7 Å². The van der Waals surface area contributed by atoms with Gasteiger partial charge < -0.3 is 15.4 Å². The van der Waals surface area contributed by atoms with Crippen LogP contribution in [0.5, 0.6) is 0 Å². The molecule has 0 spiro atoms. The molecular weight excluding hydrogens is 256 g/mol. The molecule has 0 aromatic carbocycles. The maximum Gasteiger partial charge on any atom is 0.319 e. The Balaban J connectivity index is 2.58. The Morgan fingerprint density at radius 3 is 2.40 bits per heavy atom. The van der Waals surface area contributed by atoms with E-state index in [0.717, 1.165) is 12.2 Å². The van der Waals surface area contributed by atoms with Gasteiger partial charge in [-0.1, -0.05) is 27.7 Å². The van der Waals surface area contributed by atoms with Gasteiger partial charge in [-0.15, -0.1) is 0 Å². The molecule has 0 fully saturated rings. The molecule has 1 atom stereocenters. The van der Waals surface area contributed by atoms with Crippen LogP contribution in [-0.2, 0) is 10.2 Å². The number of rotatable bonds is 5. The number of nitrogens with one attached hydrogen (secondary N) is 2. The summed E-state index contributed by atoms with van der Waals surface area (Å²) >= 11 is 0. The highest BCUT2D eigenvalue weighted by Gasteiger charge is 2.17. The van der Waals surface area contributed by atoms with Gasteiger partial charge >= 0.3 is 6.03 Å². The predicted octanol–water partition coefficient (Wildman–Crippen LogP) is 2.32. The summed E-state index contributed by atoms with van der Waals surface area (Å²) in [4.78, 5) is 20.3. The molecule has 112 valence electrons. The molecule has 1 aromatic heterocycles. The fourth-order valence-corrected chi connectivity index (χ4v) is 1.60. The summed E-state index contributed by atoms with van der Waals surface area (Å²) in [6, 6.07) is -0.282. The van der Waals surface area contributed by atoms with Gasteiger partial charge in [0, 0.05) is 12.5 Å². The van der Waals surface area contributed by atoms with E-state index in [9.17, 15) is 4.79 Å². The number of carbonyl (C=O) groups is 1. The number of amides is 2. The molecule has 6 nitrogen and oxygen atoms in total. The van der Waals surface area contributed by atoms with E-state index < -0.39 is 0 Å². The first kappa shape index (κ1) is 16.4. The first-order valence-corrected chi connectivity index (χ1v) is 6.75. The van der Waals surface area contributed by atoms with Crippen LogP contribution in [0.15, 0.2) is 12.4 Å². The Labute approximate surface area is 120 Å². The van der Waals surface area contributed by atoms with Gasteiger partial charge in [-0.2, -0.15) is 0 Å². The zero-order valence-electron chi connectivity index (χ0n) is 12.9. The normalized spacial score (nSPS) is 12.8. The zero-order valence-corrected chi connectivity index (χ0v) is 12.9. The van der Waals surface area contributed by atoms with Crippen LogP contribution >= 0.6 is 0 Å². The molecule has 1 heterocycles. The number of urea groups is 1. The Hall–Kier alpha value is -1.69. The molecule has 20 heavy (non-hydrogen) atoms. The minimum atomic E-state index is -0.277. The van der Waals surface area contributed by atoms with Crippen molar-refractivity contribution < 1.29 is 9.53 Å². The molecule has 0 radical (unpaired) electrons. The smallest absolute Gasteiger partial charge is 0.319 e. The van der Waals surface area contributed by atoms with Crippen molar-refractivity contribution in [2.45, 2.75) is 45.6 Å². The first-order chi connectivity index (χ1) is 9.36. The zero-order chi connectivity index (χ0) is 15.2. The standard InChI is InChI=1S/C14H24N4O2/c1-6-10(9-20-5)17-13(19)18-11-7-15-12(16-8-11)14(2,3)4/h7-8,10H,6,9H2,1-5H3,(H2,17,18,19)/t10-/m0/s1. The van der Waals surface area contributed by atoms with Crippen LogP contribution in [-0.4, -0.2) is 35.8 Å². The van der Waals surface area contributed by atoms with Gasteiger partial charge in [0.2, 0.25) is 0 Å². The second-order valence-corrected chi connectivity index (χ2v) is 5.70. The van der Waals surface area contributed by atoms with Crippen molar-refractivity contribution in [1.29, 1.82) is 0 Å². The van der Waals surface area contributed by atoms with E-state index in [1.165, 1.54) is 0 Å². The topological polar surface area (TPSA) is 76.1 Å². The van der Waals surface area contributed by atoms with Crippen LogP contribution in [0.2, 0.25) is 0 Å². The molecular formula is C14H24N4O2. The third kappa shape index (κ3) is 5.13. The Morgan fingerprint density at radius 2 is 1.95 bits per heavy atom. The first-order valence-electron chi connectivity index (χ1n) is 6.75. The average Bonchev–Trinajstić information content (AvgIpc) is 2.37. The highest BCUT2D eigenvalue weighted by molar-refractivity contribution is 5.89. The maximum absolute atomic E-state index is 11.8. The van der Waals surface area contributed by atoms with Crippen molar-refractivity contribution in [2.75, 3.05) is 19.0 Å². The summed E-state index contributed by atoms with van der Waals surface area (Å²) in [7, 11) is 1.61. The van der Waals surface area contributed by atoms with E-state index in [2.05, 4.69) is 20.6 Å². The molecule has 6 heteroatoms. The highest BCUT2D eigenvalue weighted by atomic mass is 16.5. The maximum atomic E-state index is 11.8. The van der Waals surface area contributed by atoms with Gasteiger partial charge in [0.25, 0.3) is 0 Å². The number of carbonyl (C=O) groups excluding carboxylic acids is 1. The van der Waals surface area contributed by atoms with E-state index in [-0.39, 0.29) is 17.5 Å². The van der Waals surface area contributed by atoms with Crippen LogP contribution in [0, 0.1) is 0 Å². The van der Waals surface area contributed by atoms with Gasteiger partial charge in [0.1, 0.15) is 5.82 Å². The van der Waals surface area contributed by atoms with Crippen molar-refractivity contribution in [2.24, 2.45) is 0 Å². The van der Waals surface area contributed by atoms with Crippen molar-refractivity contribution in [3.05, 3.63) is 18.2 Å². The fourth-order valence-electron chi connectivity index (χ4n) is 1.60. The Kier molecular flexibility index (Phi) is 5.88. The summed E-state index contributed by atoms with van der Waals surface area (Å²) in [5.74, 6) is 0.745. The minimum absolute atomic E-state index is 0.00485. The Morgan fingerprint density at radius 1 is 1.35 bits per heavy atom. The molecule has 2 N–H and O–H groups in total. The summed E-state index contributed by atoms with van der Waals surface area (Å²) in [6.45, 7) is 8.60. The second kappa shape index (κ2) is 7.19. The Bertz CT molecular complexity index is 426. The summed E-state index contributed by atoms with van der Waals surface area (Å²) in [5.41, 5.74) is 0.467. The molecule has 0 bridgehead atoms. The van der Waals surface area contributed by atoms with Gasteiger partial charge in [-0.05, 0) is 6.42 Å². The second-order valence-electron chi connectivity index (χ2n) is 5.70. The number of methoxy groups -OCH3 is 1. The quantitative estimate of drug-likeness (QED) is 0.868. The fraction of sp³-hybridized carbons (Fsp3) is 0.643. The minimum Gasteiger partial charge on any atom is -0.383 e. The van der Waals surface area contributed by atoms with Crippen molar-refractivity contribution in [3.8, 4) is 0 Å². The molecule has 0 unspecified atom stereocenters. The average molecular weight is 280 g/mol. The van der Waals surface area contributed by atoms with E-state index in [1.54, 1.807) is 19.5 Å². The van der Waals surface area contributed by atoms with E-state index in [4.69, 9.17) is 4.74 Å². The third-order valence-corrected chi connectivity index (χ3v) is 2.78. The highest BCUT2D eigenvalue weighted by Crippen LogP contribution is 2.18. The van der Waals surface area contributed by atoms with Crippen molar-refractivity contribution >= 4 is 11.7 Å². The number of anilines is 1. The predicted molar refractivity (Wildman–Crippen MR) is 78.8 cm³/mol. The van der Waals surface area contributed by atoms with Crippen LogP contribution in [0.25, 0.3) is 0 Å². The lowest BCUT2D eigenvalue weighted by Crippen LogP contribution is -2.40. The van der Waals surface area contributed by atoms with Gasteiger partial charge in [-0.3, -0.25) is 0 Å². The molecule has 0 aliphatic rings. The van der Waals surface area contributed by atoms with E-state index >= 15 is 0 Å². The van der Waals surface area contributed by atoms with Crippen LogP contribution in [0.4, 0.5) is 10.5 Å². The lowest BCUT2D eigenvalue weighted by molar-refractivity contribution is 0.165. The number of nitrogens with zero attached hydrogens (tertiary/aromatic N) is 2. The summed E-state index contributed by atoms with van der Waals surface area (Å²) in [5, 5.41) is 5.54. The summed E-state index contributed by atoms with van der Waals surface area (Å²) < 4.78 is 5.03. The van der Waals surface area contributed by atoms with Gasteiger partial charge in [0.15, 0.2) is 0 Å². The number of ether oxygens (including phenoxy) is 1. The monoisotopic (exact) mass is 280 g/mol.